The molecule has 168 valence electrons. The van der Waals surface area contributed by atoms with E-state index >= 15 is 0 Å². The Bertz CT molecular complexity index is 1010. The molecule has 0 radical (unpaired) electrons. The van der Waals surface area contributed by atoms with Crippen LogP contribution in [0.2, 0.25) is 0 Å². The fourth-order valence-electron chi connectivity index (χ4n) is 3.64. The van der Waals surface area contributed by atoms with Gasteiger partial charge in [0.15, 0.2) is 4.80 Å². The van der Waals surface area contributed by atoms with Gasteiger partial charge in [0.1, 0.15) is 6.54 Å². The number of hydrogen-bond acceptors (Lipinski definition) is 6. The smallest absolute Gasteiger partial charge is 0.326 e. The van der Waals surface area contributed by atoms with Crippen LogP contribution in [-0.4, -0.2) is 46.5 Å². The van der Waals surface area contributed by atoms with Gasteiger partial charge in [-0.15, -0.1) is 11.8 Å². The highest BCUT2D eigenvalue weighted by Crippen LogP contribution is 2.19. The SMILES string of the molecule is CCOC(=O)Cn1c(=NC(=O)CSCC(=O)NC2CCCCC2)sc2cc(C)ccc21. The Balaban J connectivity index is 1.65. The van der Waals surface area contributed by atoms with Crippen molar-refractivity contribution >= 4 is 51.1 Å². The lowest BCUT2D eigenvalue weighted by Crippen LogP contribution is -2.37. The number of fused-ring (bicyclic) bond motifs is 1. The topological polar surface area (TPSA) is 89.8 Å². The summed E-state index contributed by atoms with van der Waals surface area (Å²) in [6, 6.07) is 6.17. The molecular weight excluding hydrogens is 434 g/mol. The quantitative estimate of drug-likeness (QED) is 0.608. The fraction of sp³-hybridized carbons (Fsp3) is 0.545. The molecule has 0 bridgehead atoms. The van der Waals surface area contributed by atoms with Gasteiger partial charge in [-0.05, 0) is 44.4 Å². The van der Waals surface area contributed by atoms with Crippen molar-refractivity contribution in [2.75, 3.05) is 18.1 Å². The summed E-state index contributed by atoms with van der Waals surface area (Å²) < 4.78 is 7.74. The first-order chi connectivity index (χ1) is 15.0. The maximum atomic E-state index is 12.4. The predicted octanol–water partition coefficient (Wildman–Crippen LogP) is 3.18. The first-order valence-electron chi connectivity index (χ1n) is 10.7. The third-order valence-corrected chi connectivity index (χ3v) is 7.04. The summed E-state index contributed by atoms with van der Waals surface area (Å²) in [5, 5.41) is 3.05. The molecule has 0 saturated heterocycles. The molecule has 0 spiro atoms. The molecule has 3 rings (SSSR count). The van der Waals surface area contributed by atoms with E-state index in [1.165, 1.54) is 29.5 Å². The molecule has 1 fully saturated rings. The number of nitrogens with one attached hydrogen (secondary N) is 1. The van der Waals surface area contributed by atoms with E-state index in [1.54, 1.807) is 11.5 Å². The number of rotatable bonds is 8. The zero-order chi connectivity index (χ0) is 22.2. The summed E-state index contributed by atoms with van der Waals surface area (Å²) in [6.45, 7) is 4.05. The van der Waals surface area contributed by atoms with Crippen molar-refractivity contribution < 1.29 is 19.1 Å². The average molecular weight is 464 g/mol. The molecule has 1 N–H and O–H groups in total. The van der Waals surface area contributed by atoms with Crippen molar-refractivity contribution in [1.82, 2.24) is 9.88 Å². The van der Waals surface area contributed by atoms with Gasteiger partial charge < -0.3 is 14.6 Å². The van der Waals surface area contributed by atoms with Crippen molar-refractivity contribution in [1.29, 1.82) is 0 Å². The zero-order valence-corrected chi connectivity index (χ0v) is 19.7. The van der Waals surface area contributed by atoms with Crippen molar-refractivity contribution in [3.63, 3.8) is 0 Å². The van der Waals surface area contributed by atoms with Gasteiger partial charge >= 0.3 is 5.97 Å². The molecule has 0 atom stereocenters. The van der Waals surface area contributed by atoms with E-state index in [0.717, 1.165) is 41.5 Å². The molecule has 7 nitrogen and oxygen atoms in total. The van der Waals surface area contributed by atoms with E-state index in [0.29, 0.717) is 11.4 Å². The van der Waals surface area contributed by atoms with Crippen LogP contribution >= 0.6 is 23.1 Å². The van der Waals surface area contributed by atoms with Gasteiger partial charge in [-0.25, -0.2) is 0 Å². The Hall–Kier alpha value is -2.13. The van der Waals surface area contributed by atoms with Crippen molar-refractivity contribution in [2.24, 2.45) is 4.99 Å². The van der Waals surface area contributed by atoms with Gasteiger partial charge in [-0.2, -0.15) is 4.99 Å². The summed E-state index contributed by atoms with van der Waals surface area (Å²) in [6.07, 6.45) is 5.64. The van der Waals surface area contributed by atoms with Gasteiger partial charge in [0.05, 0.1) is 28.3 Å². The number of aromatic nitrogens is 1. The van der Waals surface area contributed by atoms with Crippen LogP contribution < -0.4 is 10.1 Å². The van der Waals surface area contributed by atoms with Gasteiger partial charge in [0.2, 0.25) is 5.91 Å². The lowest BCUT2D eigenvalue weighted by Gasteiger charge is -2.22. The van der Waals surface area contributed by atoms with Crippen LogP contribution in [0.25, 0.3) is 10.2 Å². The van der Waals surface area contributed by atoms with Crippen molar-refractivity contribution in [3.05, 3.63) is 28.6 Å². The number of esters is 1. The second-order valence-corrected chi connectivity index (χ2v) is 9.64. The van der Waals surface area contributed by atoms with Gasteiger partial charge in [-0.1, -0.05) is 36.7 Å². The number of thioether (sulfide) groups is 1. The number of nitrogens with zero attached hydrogens (tertiary/aromatic N) is 2. The van der Waals surface area contributed by atoms with Crippen molar-refractivity contribution in [2.45, 2.75) is 58.5 Å². The summed E-state index contributed by atoms with van der Waals surface area (Å²) in [5.41, 5.74) is 1.93. The second kappa shape index (κ2) is 11.5. The van der Waals surface area contributed by atoms with Crippen LogP contribution in [-0.2, 0) is 25.7 Å². The normalized spacial score (nSPS) is 15.2. The predicted molar refractivity (Wildman–Crippen MR) is 124 cm³/mol. The lowest BCUT2D eigenvalue weighted by atomic mass is 9.95. The van der Waals surface area contributed by atoms with Crippen LogP contribution in [0.15, 0.2) is 23.2 Å². The Morgan fingerprint density at radius 2 is 2.00 bits per heavy atom. The highest BCUT2D eigenvalue weighted by atomic mass is 32.2. The first kappa shape index (κ1) is 23.5. The summed E-state index contributed by atoms with van der Waals surface area (Å²) >= 11 is 2.63. The minimum Gasteiger partial charge on any atom is -0.465 e. The number of hydrogen-bond donors (Lipinski definition) is 1. The number of carbonyl (C=O) groups is 3. The summed E-state index contributed by atoms with van der Waals surface area (Å²) in [7, 11) is 0. The molecule has 2 aromatic rings. The third kappa shape index (κ3) is 6.93. The number of benzene rings is 1. The third-order valence-electron chi connectivity index (χ3n) is 5.08. The molecule has 1 aliphatic rings. The minimum atomic E-state index is -0.370. The van der Waals surface area contributed by atoms with Crippen LogP contribution in [0.3, 0.4) is 0 Å². The number of carbonyl (C=O) groups excluding carboxylic acids is 3. The molecule has 2 amide bonds. The summed E-state index contributed by atoms with van der Waals surface area (Å²) in [4.78, 5) is 41.3. The molecule has 1 saturated carbocycles. The Kier molecular flexibility index (Phi) is 8.71. The molecule has 0 unspecified atom stereocenters. The van der Waals surface area contributed by atoms with Crippen LogP contribution in [0.1, 0.15) is 44.6 Å². The first-order valence-corrected chi connectivity index (χ1v) is 12.6. The van der Waals surface area contributed by atoms with Gasteiger partial charge in [0, 0.05) is 6.04 Å². The second-order valence-electron chi connectivity index (χ2n) is 7.65. The monoisotopic (exact) mass is 463 g/mol. The molecule has 1 aromatic carbocycles. The van der Waals surface area contributed by atoms with Crippen molar-refractivity contribution in [3.8, 4) is 0 Å². The molecular formula is C22H29N3O4S2. The highest BCUT2D eigenvalue weighted by molar-refractivity contribution is 8.00. The van der Waals surface area contributed by atoms with E-state index in [2.05, 4.69) is 10.3 Å². The zero-order valence-electron chi connectivity index (χ0n) is 18.0. The Labute approximate surface area is 190 Å². The standard InChI is InChI=1S/C22H29N3O4S2/c1-3-29-21(28)12-25-17-10-9-15(2)11-18(17)31-22(25)24-20(27)14-30-13-19(26)23-16-7-5-4-6-8-16/h9-11,16H,3-8,12-14H2,1-2H3,(H,23,26). The fourth-order valence-corrected chi connectivity index (χ4v) is 5.40. The van der Waals surface area contributed by atoms with E-state index in [1.807, 2.05) is 25.1 Å². The maximum Gasteiger partial charge on any atom is 0.326 e. The van der Waals surface area contributed by atoms with Gasteiger partial charge in [0.25, 0.3) is 5.91 Å². The Morgan fingerprint density at radius 3 is 2.74 bits per heavy atom. The largest absolute Gasteiger partial charge is 0.465 e. The van der Waals surface area contributed by atoms with Crippen LogP contribution in [0.5, 0.6) is 0 Å². The van der Waals surface area contributed by atoms with E-state index in [9.17, 15) is 14.4 Å². The van der Waals surface area contributed by atoms with Gasteiger partial charge in [-0.3, -0.25) is 14.4 Å². The van der Waals surface area contributed by atoms with E-state index in [-0.39, 0.29) is 41.9 Å². The number of amides is 2. The lowest BCUT2D eigenvalue weighted by molar-refractivity contribution is -0.143. The maximum absolute atomic E-state index is 12.4. The van der Waals surface area contributed by atoms with Crippen LogP contribution in [0, 0.1) is 6.92 Å². The number of thiazole rings is 1. The highest BCUT2D eigenvalue weighted by Gasteiger charge is 2.16. The molecule has 31 heavy (non-hydrogen) atoms. The van der Waals surface area contributed by atoms with E-state index < -0.39 is 0 Å². The molecule has 1 aliphatic carbocycles. The number of ether oxygens (including phenoxy) is 1. The average Bonchev–Trinajstić information content (AvgIpc) is 3.04. The summed E-state index contributed by atoms with van der Waals surface area (Å²) in [5.74, 6) is -0.363. The Morgan fingerprint density at radius 1 is 1.23 bits per heavy atom. The molecule has 1 aromatic heterocycles. The van der Waals surface area contributed by atoms with E-state index in [4.69, 9.17) is 4.74 Å². The molecule has 1 heterocycles. The molecule has 9 heteroatoms. The number of aryl methyl sites for hydroxylation is 1. The van der Waals surface area contributed by atoms with Crippen LogP contribution in [0.4, 0.5) is 0 Å². The molecule has 0 aliphatic heterocycles. The minimum absolute atomic E-state index is 0.0000481.